The quantitative estimate of drug-likeness (QED) is 0.861. The molecule has 0 aromatic carbocycles. The molecular formula is C15H29N3S. The van der Waals surface area contributed by atoms with Crippen molar-refractivity contribution < 1.29 is 0 Å². The van der Waals surface area contributed by atoms with Crippen LogP contribution in [0.5, 0.6) is 0 Å². The van der Waals surface area contributed by atoms with Gasteiger partial charge in [-0.2, -0.15) is 0 Å². The van der Waals surface area contributed by atoms with Gasteiger partial charge in [0.1, 0.15) is 0 Å². The van der Waals surface area contributed by atoms with E-state index >= 15 is 0 Å². The monoisotopic (exact) mass is 283 g/mol. The number of nitrogens with zero attached hydrogens (tertiary/aromatic N) is 2. The summed E-state index contributed by atoms with van der Waals surface area (Å²) >= 11 is 1.74. The van der Waals surface area contributed by atoms with Gasteiger partial charge in [0, 0.05) is 25.0 Å². The second-order valence-electron chi connectivity index (χ2n) is 6.80. The molecule has 1 atom stereocenters. The molecule has 0 fully saturated rings. The molecule has 1 rings (SSSR count). The Kier molecular flexibility index (Phi) is 5.81. The smallest absolute Gasteiger partial charge is 0.185 e. The molecule has 4 heteroatoms. The lowest BCUT2D eigenvalue weighted by atomic mass is 9.87. The van der Waals surface area contributed by atoms with E-state index in [2.05, 4.69) is 64.2 Å². The summed E-state index contributed by atoms with van der Waals surface area (Å²) in [4.78, 5) is 7.01. The first-order valence-corrected chi connectivity index (χ1v) is 7.97. The van der Waals surface area contributed by atoms with Gasteiger partial charge in [0.15, 0.2) is 5.13 Å². The number of hydrogen-bond acceptors (Lipinski definition) is 4. The Bertz CT molecular complexity index is 379. The number of anilines is 1. The van der Waals surface area contributed by atoms with Crippen LogP contribution in [-0.2, 0) is 6.54 Å². The minimum atomic E-state index is 0.260. The van der Waals surface area contributed by atoms with Crippen LogP contribution in [0.25, 0.3) is 0 Å². The maximum atomic E-state index is 4.72. The summed E-state index contributed by atoms with van der Waals surface area (Å²) < 4.78 is 0. The van der Waals surface area contributed by atoms with Crippen LogP contribution in [0.2, 0.25) is 0 Å². The molecule has 0 spiro atoms. The molecule has 1 unspecified atom stereocenters. The molecule has 0 radical (unpaired) electrons. The van der Waals surface area contributed by atoms with E-state index in [4.69, 9.17) is 4.98 Å². The largest absolute Gasteiger partial charge is 0.348 e. The molecule has 1 heterocycles. The predicted octanol–water partition coefficient (Wildman–Crippen LogP) is 3.76. The number of rotatable bonds is 6. The highest BCUT2D eigenvalue weighted by molar-refractivity contribution is 7.13. The van der Waals surface area contributed by atoms with Gasteiger partial charge in [-0.05, 0) is 24.8 Å². The second-order valence-corrected chi connectivity index (χ2v) is 7.64. The van der Waals surface area contributed by atoms with Crippen molar-refractivity contribution >= 4 is 16.5 Å². The first kappa shape index (κ1) is 16.4. The van der Waals surface area contributed by atoms with Gasteiger partial charge in [-0.3, -0.25) is 0 Å². The molecule has 1 aromatic heterocycles. The minimum Gasteiger partial charge on any atom is -0.348 e. The van der Waals surface area contributed by atoms with E-state index in [0.29, 0.717) is 12.0 Å². The van der Waals surface area contributed by atoms with Crippen molar-refractivity contribution in [1.29, 1.82) is 0 Å². The van der Waals surface area contributed by atoms with Gasteiger partial charge >= 0.3 is 0 Å². The molecule has 19 heavy (non-hydrogen) atoms. The molecule has 0 aliphatic heterocycles. The van der Waals surface area contributed by atoms with Gasteiger partial charge < -0.3 is 10.2 Å². The Balaban J connectivity index is 2.59. The third-order valence-electron chi connectivity index (χ3n) is 3.53. The lowest BCUT2D eigenvalue weighted by molar-refractivity contribution is 0.329. The SMILES string of the molecule is CC(C)CNCc1csc(N(C)C(C)C(C)(C)C)n1. The zero-order chi connectivity index (χ0) is 14.6. The summed E-state index contributed by atoms with van der Waals surface area (Å²) in [6.45, 7) is 15.4. The topological polar surface area (TPSA) is 28.2 Å². The Morgan fingerprint density at radius 1 is 1.32 bits per heavy atom. The van der Waals surface area contributed by atoms with E-state index < -0.39 is 0 Å². The predicted molar refractivity (Wildman–Crippen MR) is 86.0 cm³/mol. The molecular weight excluding hydrogens is 254 g/mol. The van der Waals surface area contributed by atoms with E-state index in [1.807, 2.05) is 0 Å². The van der Waals surface area contributed by atoms with Crippen LogP contribution in [0, 0.1) is 11.3 Å². The highest BCUT2D eigenvalue weighted by Gasteiger charge is 2.25. The lowest BCUT2D eigenvalue weighted by Gasteiger charge is -2.35. The van der Waals surface area contributed by atoms with Crippen LogP contribution >= 0.6 is 11.3 Å². The number of thiazole rings is 1. The fraction of sp³-hybridized carbons (Fsp3) is 0.800. The average Bonchev–Trinajstić information content (AvgIpc) is 2.74. The van der Waals surface area contributed by atoms with Crippen molar-refractivity contribution in [1.82, 2.24) is 10.3 Å². The van der Waals surface area contributed by atoms with Gasteiger partial charge in [0.2, 0.25) is 0 Å². The van der Waals surface area contributed by atoms with E-state index in [1.165, 1.54) is 0 Å². The van der Waals surface area contributed by atoms with Gasteiger partial charge in [-0.15, -0.1) is 11.3 Å². The first-order valence-electron chi connectivity index (χ1n) is 7.09. The number of nitrogens with one attached hydrogen (secondary N) is 1. The standard InChI is InChI=1S/C15H29N3S/c1-11(2)8-16-9-13-10-19-14(17-13)18(7)12(3)15(4,5)6/h10-12,16H,8-9H2,1-7H3. The van der Waals surface area contributed by atoms with Crippen LogP contribution < -0.4 is 10.2 Å². The normalized spacial score (nSPS) is 13.9. The zero-order valence-corrected chi connectivity index (χ0v) is 14.3. The van der Waals surface area contributed by atoms with Crippen LogP contribution in [0.4, 0.5) is 5.13 Å². The first-order chi connectivity index (χ1) is 8.71. The molecule has 0 saturated carbocycles. The molecule has 0 bridgehead atoms. The summed E-state index contributed by atoms with van der Waals surface area (Å²) in [5.74, 6) is 0.682. The average molecular weight is 283 g/mol. The Morgan fingerprint density at radius 3 is 2.47 bits per heavy atom. The lowest BCUT2D eigenvalue weighted by Crippen LogP contribution is -2.39. The van der Waals surface area contributed by atoms with Crippen molar-refractivity contribution in [3.63, 3.8) is 0 Å². The Morgan fingerprint density at radius 2 is 1.95 bits per heavy atom. The maximum absolute atomic E-state index is 4.72. The minimum absolute atomic E-state index is 0.260. The van der Waals surface area contributed by atoms with Gasteiger partial charge in [-0.25, -0.2) is 4.98 Å². The van der Waals surface area contributed by atoms with E-state index in [-0.39, 0.29) is 5.41 Å². The fourth-order valence-corrected chi connectivity index (χ4v) is 2.65. The molecule has 0 amide bonds. The number of hydrogen-bond donors (Lipinski definition) is 1. The third kappa shape index (κ3) is 5.11. The van der Waals surface area contributed by atoms with Crippen LogP contribution in [0.15, 0.2) is 5.38 Å². The summed E-state index contributed by atoms with van der Waals surface area (Å²) in [5, 5.41) is 6.71. The molecule has 1 N–H and O–H groups in total. The maximum Gasteiger partial charge on any atom is 0.185 e. The molecule has 0 aliphatic rings. The highest BCUT2D eigenvalue weighted by Crippen LogP contribution is 2.29. The van der Waals surface area contributed by atoms with Crippen molar-refractivity contribution in [2.24, 2.45) is 11.3 Å². The van der Waals surface area contributed by atoms with Gasteiger partial charge in [0.25, 0.3) is 0 Å². The van der Waals surface area contributed by atoms with Crippen LogP contribution in [0.3, 0.4) is 0 Å². The molecule has 3 nitrogen and oxygen atoms in total. The molecule has 110 valence electrons. The summed E-state index contributed by atoms with van der Waals surface area (Å²) in [7, 11) is 2.14. The van der Waals surface area contributed by atoms with Crippen molar-refractivity contribution in [2.45, 2.75) is 54.1 Å². The van der Waals surface area contributed by atoms with E-state index in [1.54, 1.807) is 11.3 Å². The van der Waals surface area contributed by atoms with E-state index in [0.717, 1.165) is 23.9 Å². The summed E-state index contributed by atoms with van der Waals surface area (Å²) in [5.41, 5.74) is 1.41. The fourth-order valence-electron chi connectivity index (χ4n) is 1.77. The van der Waals surface area contributed by atoms with Crippen LogP contribution in [-0.4, -0.2) is 24.6 Å². The Labute approximate surface area is 122 Å². The number of aromatic nitrogens is 1. The molecule has 1 aromatic rings. The van der Waals surface area contributed by atoms with Crippen LogP contribution in [0.1, 0.15) is 47.2 Å². The summed E-state index contributed by atoms with van der Waals surface area (Å²) in [6, 6.07) is 0.468. The summed E-state index contributed by atoms with van der Waals surface area (Å²) in [6.07, 6.45) is 0. The highest BCUT2D eigenvalue weighted by atomic mass is 32.1. The molecule has 0 saturated heterocycles. The third-order valence-corrected chi connectivity index (χ3v) is 4.51. The van der Waals surface area contributed by atoms with Crippen molar-refractivity contribution in [3.05, 3.63) is 11.1 Å². The van der Waals surface area contributed by atoms with E-state index in [9.17, 15) is 0 Å². The second kappa shape index (κ2) is 6.71. The Hall–Kier alpha value is -0.610. The van der Waals surface area contributed by atoms with Gasteiger partial charge in [0.05, 0.1) is 5.69 Å². The zero-order valence-electron chi connectivity index (χ0n) is 13.4. The molecule has 0 aliphatic carbocycles. The van der Waals surface area contributed by atoms with Gasteiger partial charge in [-0.1, -0.05) is 34.6 Å². The van der Waals surface area contributed by atoms with Crippen molar-refractivity contribution in [3.8, 4) is 0 Å². The van der Waals surface area contributed by atoms with Crippen molar-refractivity contribution in [2.75, 3.05) is 18.5 Å².